The molecule has 148 valence electrons. The minimum Gasteiger partial charge on any atom is -0.459 e. The van der Waals surface area contributed by atoms with E-state index in [9.17, 15) is 4.79 Å². The Labute approximate surface area is 161 Å². The molecule has 27 heavy (non-hydrogen) atoms. The fourth-order valence-electron chi connectivity index (χ4n) is 3.60. The predicted octanol–water partition coefficient (Wildman–Crippen LogP) is 1.62. The molecule has 1 saturated heterocycles. The van der Waals surface area contributed by atoms with E-state index >= 15 is 0 Å². The molecular weight excluding hydrogens is 342 g/mol. The number of guanidine groups is 1. The van der Waals surface area contributed by atoms with Crippen molar-refractivity contribution in [1.29, 1.82) is 0 Å². The first-order valence-electron chi connectivity index (χ1n) is 9.93. The van der Waals surface area contributed by atoms with E-state index in [1.807, 2.05) is 6.92 Å². The van der Waals surface area contributed by atoms with Crippen LogP contribution in [0.3, 0.4) is 0 Å². The smallest absolute Gasteiger partial charge is 0.287 e. The van der Waals surface area contributed by atoms with Crippen LogP contribution >= 0.6 is 0 Å². The maximum atomic E-state index is 12.0. The van der Waals surface area contributed by atoms with Gasteiger partial charge in [0.15, 0.2) is 11.7 Å². The van der Waals surface area contributed by atoms with Crippen LogP contribution in [0.4, 0.5) is 0 Å². The average molecular weight is 374 g/mol. The quantitative estimate of drug-likeness (QED) is 0.329. The van der Waals surface area contributed by atoms with Crippen LogP contribution in [0.15, 0.2) is 33.9 Å². The second-order valence-corrected chi connectivity index (χ2v) is 7.09. The van der Waals surface area contributed by atoms with Crippen LogP contribution in [0.2, 0.25) is 0 Å². The maximum absolute atomic E-state index is 12.0. The van der Waals surface area contributed by atoms with Crippen LogP contribution in [-0.4, -0.2) is 73.5 Å². The lowest BCUT2D eigenvalue weighted by atomic mass is 10.2. The third-order valence-electron chi connectivity index (χ3n) is 5.11. The highest BCUT2D eigenvalue weighted by Crippen LogP contribution is 2.18. The number of amides is 1. The molecule has 3 rings (SSSR count). The van der Waals surface area contributed by atoms with E-state index in [1.54, 1.807) is 12.3 Å². The highest BCUT2D eigenvalue weighted by Gasteiger charge is 2.29. The van der Waals surface area contributed by atoms with Crippen LogP contribution in [0.25, 0.3) is 0 Å². The first kappa shape index (κ1) is 19.5. The molecule has 2 aliphatic rings. The summed E-state index contributed by atoms with van der Waals surface area (Å²) in [5, 5.41) is 6.30. The van der Waals surface area contributed by atoms with Gasteiger partial charge in [0.2, 0.25) is 0 Å². The molecule has 0 radical (unpaired) electrons. The third-order valence-corrected chi connectivity index (χ3v) is 5.11. The lowest BCUT2D eigenvalue weighted by molar-refractivity contribution is 0.0925. The minimum absolute atomic E-state index is 0.157. The van der Waals surface area contributed by atoms with Gasteiger partial charge in [-0.05, 0) is 32.8 Å². The SMILES string of the molecule is CCNC(=NCCCNC(=O)c1occc1C)N1CCC(N2CC=CC2)C1. The summed E-state index contributed by atoms with van der Waals surface area (Å²) in [6, 6.07) is 2.41. The number of furan rings is 1. The monoisotopic (exact) mass is 373 g/mol. The van der Waals surface area contributed by atoms with Crippen molar-refractivity contribution in [3.63, 3.8) is 0 Å². The van der Waals surface area contributed by atoms with E-state index in [1.165, 1.54) is 6.42 Å². The molecule has 0 aromatic carbocycles. The fourth-order valence-corrected chi connectivity index (χ4v) is 3.60. The molecule has 1 aromatic rings. The van der Waals surface area contributed by atoms with Crippen LogP contribution in [0.1, 0.15) is 35.9 Å². The summed E-state index contributed by atoms with van der Waals surface area (Å²) < 4.78 is 5.21. The van der Waals surface area contributed by atoms with Gasteiger partial charge in [-0.2, -0.15) is 0 Å². The summed E-state index contributed by atoms with van der Waals surface area (Å²) in [5.74, 6) is 1.22. The molecule has 0 saturated carbocycles. The molecule has 2 aliphatic heterocycles. The van der Waals surface area contributed by atoms with Gasteiger partial charge in [-0.3, -0.25) is 14.7 Å². The van der Waals surface area contributed by atoms with Crippen molar-refractivity contribution in [3.8, 4) is 0 Å². The van der Waals surface area contributed by atoms with Crippen molar-refractivity contribution < 1.29 is 9.21 Å². The molecular formula is C20H31N5O2. The topological polar surface area (TPSA) is 73.1 Å². The molecule has 1 amide bonds. The molecule has 0 aliphatic carbocycles. The van der Waals surface area contributed by atoms with Crippen LogP contribution in [0.5, 0.6) is 0 Å². The van der Waals surface area contributed by atoms with Crippen molar-refractivity contribution >= 4 is 11.9 Å². The summed E-state index contributed by atoms with van der Waals surface area (Å²) >= 11 is 0. The number of nitrogens with zero attached hydrogens (tertiary/aromatic N) is 3. The molecule has 1 aromatic heterocycles. The Kier molecular flexibility index (Phi) is 6.92. The van der Waals surface area contributed by atoms with E-state index in [2.05, 4.69) is 39.5 Å². The number of carbonyl (C=O) groups is 1. The van der Waals surface area contributed by atoms with Crippen molar-refractivity contribution in [2.24, 2.45) is 4.99 Å². The molecule has 1 unspecified atom stereocenters. The van der Waals surface area contributed by atoms with Gasteiger partial charge in [0.1, 0.15) is 0 Å². The molecule has 0 bridgehead atoms. The predicted molar refractivity (Wildman–Crippen MR) is 107 cm³/mol. The summed E-state index contributed by atoms with van der Waals surface area (Å²) in [7, 11) is 0. The zero-order valence-electron chi connectivity index (χ0n) is 16.4. The number of aryl methyl sites for hydroxylation is 1. The fraction of sp³-hybridized carbons (Fsp3) is 0.600. The Balaban J connectivity index is 1.42. The van der Waals surface area contributed by atoms with E-state index in [0.717, 1.165) is 50.7 Å². The second-order valence-electron chi connectivity index (χ2n) is 7.09. The number of carbonyl (C=O) groups excluding carboxylic acids is 1. The van der Waals surface area contributed by atoms with Gasteiger partial charge >= 0.3 is 0 Å². The minimum atomic E-state index is -0.157. The average Bonchev–Trinajstić information content (AvgIpc) is 3.41. The molecule has 0 spiro atoms. The lowest BCUT2D eigenvalue weighted by Gasteiger charge is -2.25. The Bertz CT molecular complexity index is 674. The summed E-state index contributed by atoms with van der Waals surface area (Å²) in [4.78, 5) is 21.7. The molecule has 7 heteroatoms. The van der Waals surface area contributed by atoms with Gasteiger partial charge in [-0.25, -0.2) is 0 Å². The van der Waals surface area contributed by atoms with Crippen molar-refractivity contribution in [2.75, 3.05) is 45.8 Å². The summed E-state index contributed by atoms with van der Waals surface area (Å²) in [6.07, 6.45) is 8.03. The third kappa shape index (κ3) is 5.13. The Hall–Kier alpha value is -2.28. The number of nitrogens with one attached hydrogen (secondary N) is 2. The number of aliphatic imine (C=N–C) groups is 1. The van der Waals surface area contributed by atoms with E-state index in [4.69, 9.17) is 9.41 Å². The Morgan fingerprint density at radius 3 is 2.85 bits per heavy atom. The zero-order chi connectivity index (χ0) is 19.1. The van der Waals surface area contributed by atoms with Gasteiger partial charge in [0, 0.05) is 57.4 Å². The van der Waals surface area contributed by atoms with Gasteiger partial charge in [-0.1, -0.05) is 12.2 Å². The number of likely N-dealkylation sites (tertiary alicyclic amines) is 1. The van der Waals surface area contributed by atoms with Crippen LogP contribution in [-0.2, 0) is 0 Å². The van der Waals surface area contributed by atoms with Gasteiger partial charge < -0.3 is 20.0 Å². The first-order valence-corrected chi connectivity index (χ1v) is 9.93. The lowest BCUT2D eigenvalue weighted by Crippen LogP contribution is -2.43. The molecule has 7 nitrogen and oxygen atoms in total. The highest BCUT2D eigenvalue weighted by molar-refractivity contribution is 5.92. The molecule has 2 N–H and O–H groups in total. The number of hydrogen-bond donors (Lipinski definition) is 2. The molecule has 1 atom stereocenters. The summed E-state index contributed by atoms with van der Waals surface area (Å²) in [5.41, 5.74) is 0.858. The van der Waals surface area contributed by atoms with Crippen molar-refractivity contribution in [3.05, 3.63) is 35.8 Å². The second kappa shape index (κ2) is 9.60. The Morgan fingerprint density at radius 1 is 1.33 bits per heavy atom. The van der Waals surface area contributed by atoms with E-state index in [0.29, 0.717) is 24.9 Å². The van der Waals surface area contributed by atoms with E-state index < -0.39 is 0 Å². The highest BCUT2D eigenvalue weighted by atomic mass is 16.3. The van der Waals surface area contributed by atoms with Crippen molar-refractivity contribution in [1.82, 2.24) is 20.4 Å². The maximum Gasteiger partial charge on any atom is 0.287 e. The van der Waals surface area contributed by atoms with Crippen LogP contribution < -0.4 is 10.6 Å². The summed E-state index contributed by atoms with van der Waals surface area (Å²) in [6.45, 7) is 10.3. The molecule has 1 fully saturated rings. The Morgan fingerprint density at radius 2 is 2.15 bits per heavy atom. The van der Waals surface area contributed by atoms with E-state index in [-0.39, 0.29) is 5.91 Å². The van der Waals surface area contributed by atoms with Gasteiger partial charge in [0.25, 0.3) is 5.91 Å². The molecule has 3 heterocycles. The number of rotatable bonds is 7. The normalized spacial score (nSPS) is 20.4. The zero-order valence-corrected chi connectivity index (χ0v) is 16.4. The van der Waals surface area contributed by atoms with Gasteiger partial charge in [-0.15, -0.1) is 0 Å². The largest absolute Gasteiger partial charge is 0.459 e. The van der Waals surface area contributed by atoms with Gasteiger partial charge in [0.05, 0.1) is 6.26 Å². The standard InChI is InChI=1S/C20H31N5O2/c1-3-21-20(25-13-7-17(15-25)24-11-4-5-12-24)23-10-6-9-22-19(26)18-16(2)8-14-27-18/h4-5,8,14,17H,3,6-7,9-13,15H2,1-2H3,(H,21,23)(H,22,26). The first-order chi connectivity index (χ1) is 13.2. The number of hydrogen-bond acceptors (Lipinski definition) is 4. The van der Waals surface area contributed by atoms with Crippen molar-refractivity contribution in [2.45, 2.75) is 32.7 Å². The van der Waals surface area contributed by atoms with Crippen LogP contribution in [0, 0.1) is 6.92 Å².